The molecule has 1 rings (SSSR count). The highest BCUT2D eigenvalue weighted by atomic mass is 32.2. The van der Waals surface area contributed by atoms with Crippen molar-refractivity contribution in [3.8, 4) is 0 Å². The van der Waals surface area contributed by atoms with Crippen LogP contribution in [0.15, 0.2) is 5.16 Å². The summed E-state index contributed by atoms with van der Waals surface area (Å²) in [7, 11) is 0. The summed E-state index contributed by atoms with van der Waals surface area (Å²) in [5, 5.41) is 17.9. The number of aromatic nitrogens is 3. The molecule has 0 aliphatic rings. The number of hydrogen-bond acceptors (Lipinski definition) is 5. The molecule has 0 atom stereocenters. The number of carboxylic acids is 1. The summed E-state index contributed by atoms with van der Waals surface area (Å²) in [5.74, 6) is 0.558. The second-order valence-electron chi connectivity index (χ2n) is 5.05. The highest BCUT2D eigenvalue weighted by Gasteiger charge is 2.18. The second-order valence-corrected chi connectivity index (χ2v) is 5.99. The van der Waals surface area contributed by atoms with Crippen molar-refractivity contribution in [3.63, 3.8) is 0 Å². The predicted octanol–water partition coefficient (Wildman–Crippen LogP) is 2.35. The molecule has 0 fully saturated rings. The van der Waals surface area contributed by atoms with Crippen molar-refractivity contribution >= 4 is 23.7 Å². The summed E-state index contributed by atoms with van der Waals surface area (Å²) in [6, 6.07) is 0. The number of anilines is 1. The van der Waals surface area contributed by atoms with Crippen molar-refractivity contribution in [2.75, 3.05) is 23.7 Å². The zero-order valence-corrected chi connectivity index (χ0v) is 13.5. The standard InChI is InChI=1S/C13H24N4O2S/c1-5-7-17-12(16(6-2)8-10(3)4)14-15-13(17)20-9-11(18)19/h10H,5-9H2,1-4H3,(H,18,19). The van der Waals surface area contributed by atoms with E-state index in [0.29, 0.717) is 11.1 Å². The lowest BCUT2D eigenvalue weighted by Gasteiger charge is -2.24. The van der Waals surface area contributed by atoms with E-state index in [1.165, 1.54) is 11.8 Å². The van der Waals surface area contributed by atoms with Gasteiger partial charge >= 0.3 is 5.97 Å². The number of carbonyl (C=O) groups is 1. The fourth-order valence-electron chi connectivity index (χ4n) is 1.96. The van der Waals surface area contributed by atoms with Crippen LogP contribution >= 0.6 is 11.8 Å². The lowest BCUT2D eigenvalue weighted by molar-refractivity contribution is -0.133. The van der Waals surface area contributed by atoms with Crippen LogP contribution in [-0.2, 0) is 11.3 Å². The van der Waals surface area contributed by atoms with E-state index < -0.39 is 5.97 Å². The van der Waals surface area contributed by atoms with Crippen molar-refractivity contribution in [1.82, 2.24) is 14.8 Å². The fraction of sp³-hybridized carbons (Fsp3) is 0.769. The van der Waals surface area contributed by atoms with Crippen molar-refractivity contribution < 1.29 is 9.90 Å². The Morgan fingerprint density at radius 3 is 2.60 bits per heavy atom. The molecule has 20 heavy (non-hydrogen) atoms. The Morgan fingerprint density at radius 2 is 2.10 bits per heavy atom. The van der Waals surface area contributed by atoms with Gasteiger partial charge in [0.2, 0.25) is 5.95 Å². The van der Waals surface area contributed by atoms with Gasteiger partial charge in [-0.2, -0.15) is 0 Å². The maximum atomic E-state index is 10.7. The molecule has 0 aliphatic carbocycles. The summed E-state index contributed by atoms with van der Waals surface area (Å²) in [5.41, 5.74) is 0. The van der Waals surface area contributed by atoms with Crippen LogP contribution in [0.25, 0.3) is 0 Å². The van der Waals surface area contributed by atoms with E-state index >= 15 is 0 Å². The Morgan fingerprint density at radius 1 is 1.40 bits per heavy atom. The molecule has 0 amide bonds. The van der Waals surface area contributed by atoms with Gasteiger partial charge in [0.05, 0.1) is 5.75 Å². The molecular weight excluding hydrogens is 276 g/mol. The monoisotopic (exact) mass is 300 g/mol. The molecular formula is C13H24N4O2S. The number of aliphatic carboxylic acids is 1. The van der Waals surface area contributed by atoms with E-state index in [-0.39, 0.29) is 5.75 Å². The van der Waals surface area contributed by atoms with Crippen molar-refractivity contribution in [2.24, 2.45) is 5.92 Å². The molecule has 0 saturated carbocycles. The van der Waals surface area contributed by atoms with Gasteiger partial charge in [0.1, 0.15) is 0 Å². The van der Waals surface area contributed by atoms with E-state index in [2.05, 4.69) is 42.8 Å². The van der Waals surface area contributed by atoms with Gasteiger partial charge in [0.15, 0.2) is 5.16 Å². The van der Waals surface area contributed by atoms with Gasteiger partial charge < -0.3 is 10.0 Å². The topological polar surface area (TPSA) is 71.2 Å². The summed E-state index contributed by atoms with van der Waals surface area (Å²) in [6.45, 7) is 11.1. The minimum Gasteiger partial charge on any atom is -0.481 e. The molecule has 0 radical (unpaired) electrons. The van der Waals surface area contributed by atoms with Gasteiger partial charge in [-0.15, -0.1) is 10.2 Å². The number of rotatable bonds is 9. The third-order valence-electron chi connectivity index (χ3n) is 2.72. The SMILES string of the molecule is CCCn1c(SCC(=O)O)nnc1N(CC)CC(C)C. The van der Waals surface area contributed by atoms with Crippen LogP contribution in [0.4, 0.5) is 5.95 Å². The summed E-state index contributed by atoms with van der Waals surface area (Å²) >= 11 is 1.23. The minimum absolute atomic E-state index is 0.0121. The molecule has 0 aliphatic heterocycles. The molecule has 0 unspecified atom stereocenters. The highest BCUT2D eigenvalue weighted by Crippen LogP contribution is 2.23. The van der Waals surface area contributed by atoms with Gasteiger partial charge in [0.25, 0.3) is 0 Å². The first-order valence-corrected chi connectivity index (χ1v) is 8.00. The van der Waals surface area contributed by atoms with E-state index in [4.69, 9.17) is 5.11 Å². The van der Waals surface area contributed by atoms with Gasteiger partial charge in [0, 0.05) is 19.6 Å². The first kappa shape index (κ1) is 16.8. The minimum atomic E-state index is -0.836. The molecule has 1 heterocycles. The molecule has 114 valence electrons. The third-order valence-corrected chi connectivity index (χ3v) is 3.67. The molecule has 0 bridgehead atoms. The van der Waals surface area contributed by atoms with Gasteiger partial charge in [-0.1, -0.05) is 32.5 Å². The zero-order valence-electron chi connectivity index (χ0n) is 12.7. The van der Waals surface area contributed by atoms with Crippen molar-refractivity contribution in [1.29, 1.82) is 0 Å². The molecule has 6 nitrogen and oxygen atoms in total. The van der Waals surface area contributed by atoms with Crippen LogP contribution in [0.3, 0.4) is 0 Å². The zero-order chi connectivity index (χ0) is 15.1. The summed E-state index contributed by atoms with van der Waals surface area (Å²) in [4.78, 5) is 12.9. The van der Waals surface area contributed by atoms with E-state index in [9.17, 15) is 4.79 Å². The lowest BCUT2D eigenvalue weighted by atomic mass is 10.2. The Bertz CT molecular complexity index is 434. The lowest BCUT2D eigenvalue weighted by Crippen LogP contribution is -2.30. The maximum absolute atomic E-state index is 10.7. The first-order chi connectivity index (χ1) is 9.49. The molecule has 1 aromatic rings. The van der Waals surface area contributed by atoms with Crippen molar-refractivity contribution in [2.45, 2.75) is 45.8 Å². The Labute approximate surface area is 124 Å². The molecule has 0 aromatic carbocycles. The van der Waals surface area contributed by atoms with Gasteiger partial charge in [-0.05, 0) is 19.3 Å². The second kappa shape index (κ2) is 8.14. The Hall–Kier alpha value is -1.24. The largest absolute Gasteiger partial charge is 0.481 e. The molecule has 1 aromatic heterocycles. The molecule has 0 spiro atoms. The quantitative estimate of drug-likeness (QED) is 0.706. The molecule has 0 saturated heterocycles. The number of carboxylic acid groups (broad SMARTS) is 1. The average molecular weight is 300 g/mol. The average Bonchev–Trinajstić information content (AvgIpc) is 2.77. The maximum Gasteiger partial charge on any atom is 0.313 e. The van der Waals surface area contributed by atoms with E-state index in [1.807, 2.05) is 4.57 Å². The van der Waals surface area contributed by atoms with Crippen LogP contribution in [0.1, 0.15) is 34.1 Å². The number of thioether (sulfide) groups is 1. The summed E-state index contributed by atoms with van der Waals surface area (Å²) in [6.07, 6.45) is 0.963. The third kappa shape index (κ3) is 4.70. The number of hydrogen-bond donors (Lipinski definition) is 1. The van der Waals surface area contributed by atoms with Gasteiger partial charge in [-0.25, -0.2) is 0 Å². The Balaban J connectivity index is 2.96. The van der Waals surface area contributed by atoms with E-state index in [0.717, 1.165) is 32.0 Å². The van der Waals surface area contributed by atoms with Crippen LogP contribution < -0.4 is 4.90 Å². The van der Waals surface area contributed by atoms with Crippen LogP contribution in [0, 0.1) is 5.92 Å². The highest BCUT2D eigenvalue weighted by molar-refractivity contribution is 7.99. The van der Waals surface area contributed by atoms with Crippen molar-refractivity contribution in [3.05, 3.63) is 0 Å². The van der Waals surface area contributed by atoms with Gasteiger partial charge in [-0.3, -0.25) is 9.36 Å². The molecule has 7 heteroatoms. The van der Waals surface area contributed by atoms with Crippen LogP contribution in [0.5, 0.6) is 0 Å². The predicted molar refractivity (Wildman–Crippen MR) is 81.4 cm³/mol. The molecule has 1 N–H and O–H groups in total. The smallest absolute Gasteiger partial charge is 0.313 e. The normalized spacial score (nSPS) is 11.1. The summed E-state index contributed by atoms with van der Waals surface area (Å²) < 4.78 is 2.03. The van der Waals surface area contributed by atoms with Crippen LogP contribution in [0.2, 0.25) is 0 Å². The fourth-order valence-corrected chi connectivity index (χ4v) is 2.64. The Kier molecular flexibility index (Phi) is 6.84. The number of nitrogens with zero attached hydrogens (tertiary/aromatic N) is 4. The van der Waals surface area contributed by atoms with E-state index in [1.54, 1.807) is 0 Å². The first-order valence-electron chi connectivity index (χ1n) is 7.02. The van der Waals surface area contributed by atoms with Crippen LogP contribution in [-0.4, -0.2) is 44.7 Å².